The molecule has 9 rings (SSSR count). The van der Waals surface area contributed by atoms with Crippen LogP contribution in [-0.2, 0) is 6.42 Å². The third-order valence-electron chi connectivity index (χ3n) is 10.1. The number of aromatic nitrogens is 2. The third kappa shape index (κ3) is 4.25. The Bertz CT molecular complexity index is 1990. The zero-order chi connectivity index (χ0) is 30.1. The minimum absolute atomic E-state index is 0.0474. The quantitative estimate of drug-likeness (QED) is 0.207. The second-order valence-electron chi connectivity index (χ2n) is 12.6. The lowest BCUT2D eigenvalue weighted by molar-refractivity contribution is 0.195. The fourth-order valence-electron chi connectivity index (χ4n) is 7.86. The van der Waals surface area contributed by atoms with E-state index in [1.165, 1.54) is 0 Å². The maximum absolute atomic E-state index is 17.3. The monoisotopic (exact) mass is 609 g/mol. The lowest BCUT2D eigenvalue weighted by Crippen LogP contribution is -2.38. The smallest absolute Gasteiger partial charge is 0.225 e. The van der Waals surface area contributed by atoms with Gasteiger partial charge in [0.05, 0.1) is 28.0 Å². The number of fused-ring (bicyclic) bond motifs is 5. The first-order valence-electron chi connectivity index (χ1n) is 15.4. The fraction of sp³-hybridized carbons (Fsp3) is 0.371. The molecule has 3 saturated heterocycles. The van der Waals surface area contributed by atoms with E-state index in [0.717, 1.165) is 48.6 Å². The molecule has 1 aliphatic carbocycles. The second kappa shape index (κ2) is 10.6. The summed E-state index contributed by atoms with van der Waals surface area (Å²) in [5.74, 6) is 0.375. The van der Waals surface area contributed by atoms with Gasteiger partial charge >= 0.3 is 0 Å². The Balaban J connectivity index is 1.41. The van der Waals surface area contributed by atoms with E-state index in [4.69, 9.17) is 21.3 Å². The van der Waals surface area contributed by atoms with Crippen molar-refractivity contribution < 1.29 is 14.2 Å². The van der Waals surface area contributed by atoms with Crippen LogP contribution in [-0.4, -0.2) is 58.4 Å². The van der Waals surface area contributed by atoms with E-state index in [1.807, 2.05) is 36.5 Å². The highest BCUT2D eigenvalue weighted by atomic mass is 35.5. The molecule has 4 atom stereocenters. The summed E-state index contributed by atoms with van der Waals surface area (Å²) >= 11 is 6.99. The van der Waals surface area contributed by atoms with Gasteiger partial charge in [0.15, 0.2) is 5.82 Å². The van der Waals surface area contributed by atoms with Gasteiger partial charge in [0.2, 0.25) is 5.88 Å². The molecular weight excluding hydrogens is 577 g/mol. The van der Waals surface area contributed by atoms with Crippen molar-refractivity contribution in [3.8, 4) is 28.8 Å². The molecule has 9 heteroatoms. The van der Waals surface area contributed by atoms with Gasteiger partial charge in [0, 0.05) is 42.2 Å². The van der Waals surface area contributed by atoms with Crippen LogP contribution < -0.4 is 10.1 Å². The lowest BCUT2D eigenvalue weighted by atomic mass is 9.80. The number of aryl methyl sites for hydroxylation is 1. The molecule has 224 valence electrons. The van der Waals surface area contributed by atoms with Gasteiger partial charge in [-0.1, -0.05) is 35.9 Å². The topological polar surface area (TPSA) is 86.3 Å². The normalized spacial score (nSPS) is 23.0. The number of halogens is 2. The van der Waals surface area contributed by atoms with Gasteiger partial charge in [-0.15, -0.1) is 0 Å². The van der Waals surface area contributed by atoms with Crippen LogP contribution in [0.1, 0.15) is 37.3 Å². The van der Waals surface area contributed by atoms with Gasteiger partial charge < -0.3 is 24.6 Å². The van der Waals surface area contributed by atoms with Crippen LogP contribution in [0.25, 0.3) is 43.7 Å². The van der Waals surface area contributed by atoms with Crippen molar-refractivity contribution in [3.63, 3.8) is 0 Å². The number of nitrogens with one attached hydrogen (secondary N) is 1. The van der Waals surface area contributed by atoms with Gasteiger partial charge in [-0.05, 0) is 85.3 Å². The number of pyridine rings is 1. The van der Waals surface area contributed by atoms with E-state index in [-0.39, 0.29) is 29.8 Å². The van der Waals surface area contributed by atoms with E-state index in [0.29, 0.717) is 63.4 Å². The van der Waals surface area contributed by atoms with Crippen molar-refractivity contribution >= 4 is 44.2 Å². The Hall–Kier alpha value is -3.90. The van der Waals surface area contributed by atoms with E-state index in [2.05, 4.69) is 27.9 Å². The molecular formula is C35H33ClFN5O2. The van der Waals surface area contributed by atoms with Gasteiger partial charge in [-0.25, -0.2) is 9.37 Å². The molecule has 5 aromatic rings. The number of likely N-dealkylation sites (tertiary alicyclic amines) is 1. The summed E-state index contributed by atoms with van der Waals surface area (Å²) in [7, 11) is 2.10. The van der Waals surface area contributed by atoms with E-state index in [9.17, 15) is 10.4 Å². The number of ether oxygens (including phenoxy) is 1. The van der Waals surface area contributed by atoms with Gasteiger partial charge in [0.25, 0.3) is 0 Å². The Labute approximate surface area is 259 Å². The molecule has 3 aliphatic heterocycles. The van der Waals surface area contributed by atoms with Gasteiger partial charge in [0.1, 0.15) is 17.9 Å². The third-order valence-corrected chi connectivity index (χ3v) is 10.4. The minimum atomic E-state index is -0.491. The fourth-order valence-corrected chi connectivity index (χ4v) is 8.14. The molecule has 4 aliphatic rings. The number of benzene rings is 3. The van der Waals surface area contributed by atoms with Crippen molar-refractivity contribution in [2.75, 3.05) is 26.7 Å². The van der Waals surface area contributed by atoms with Crippen LogP contribution in [0.2, 0.25) is 5.02 Å². The molecule has 7 nitrogen and oxygen atoms in total. The number of likely N-dealkylation sites (N-methyl/N-ethyl adjacent to an activating group) is 1. The SMILES string of the molecule is CN1CCCC1COc1nc2c(F)c(-c3cc(O)cc4ccccc34)c(CCC#N)cc2c2c1c(Cl)cn2C1C2CNC1C2. The predicted molar refractivity (Wildman–Crippen MR) is 171 cm³/mol. The Kier molecular flexibility index (Phi) is 6.67. The average Bonchev–Trinajstić information content (AvgIpc) is 3.81. The molecule has 3 aromatic carbocycles. The summed E-state index contributed by atoms with van der Waals surface area (Å²) in [5.41, 5.74) is 2.63. The standard InChI is InChI=1S/C35H33ClFN5O2/c1-41-11-5-8-22(41)18-44-35-30-27(36)17-42(33-21-14-28(33)39-16-21)34(30)26-13-20(7-4-10-38)29(31(37)32(26)40-35)25-15-23(43)12-19-6-2-3-9-24(19)25/h2-3,6,9,12-13,15,17,21-22,28,33,39,43H,4-5,7-8,11,14,16,18H2,1H3. The van der Waals surface area contributed by atoms with Crippen molar-refractivity contribution in [3.05, 3.63) is 65.1 Å². The first-order valence-corrected chi connectivity index (χ1v) is 15.8. The second-order valence-corrected chi connectivity index (χ2v) is 13.0. The van der Waals surface area contributed by atoms with E-state index < -0.39 is 5.82 Å². The Morgan fingerprint density at radius 1 is 1.23 bits per heavy atom. The number of hydrogen-bond donors (Lipinski definition) is 2. The first kappa shape index (κ1) is 27.6. The van der Waals surface area contributed by atoms with Crippen LogP contribution in [0.5, 0.6) is 11.6 Å². The van der Waals surface area contributed by atoms with Crippen molar-refractivity contribution in [2.24, 2.45) is 5.92 Å². The zero-order valence-electron chi connectivity index (χ0n) is 24.5. The summed E-state index contributed by atoms with van der Waals surface area (Å²) < 4.78 is 25.9. The number of rotatable bonds is 7. The number of nitriles is 1. The maximum Gasteiger partial charge on any atom is 0.225 e. The number of aromatic hydroxyl groups is 1. The summed E-state index contributed by atoms with van der Waals surface area (Å²) in [6, 6.07) is 15.9. The molecule has 0 amide bonds. The highest BCUT2D eigenvalue weighted by Gasteiger charge is 2.48. The minimum Gasteiger partial charge on any atom is -0.508 e. The van der Waals surface area contributed by atoms with Gasteiger partial charge in [-0.3, -0.25) is 0 Å². The van der Waals surface area contributed by atoms with Crippen LogP contribution in [0, 0.1) is 23.1 Å². The predicted octanol–water partition coefficient (Wildman–Crippen LogP) is 6.97. The van der Waals surface area contributed by atoms with Crippen LogP contribution >= 0.6 is 11.6 Å². The Morgan fingerprint density at radius 2 is 2.09 bits per heavy atom. The highest BCUT2D eigenvalue weighted by Crippen LogP contribution is 2.50. The molecule has 5 heterocycles. The lowest BCUT2D eigenvalue weighted by Gasteiger charge is -2.36. The van der Waals surface area contributed by atoms with Gasteiger partial charge in [-0.2, -0.15) is 5.26 Å². The number of phenolic OH excluding ortho intramolecular Hbond substituents is 1. The molecule has 2 aromatic heterocycles. The number of hydrogen-bond acceptors (Lipinski definition) is 6. The largest absolute Gasteiger partial charge is 0.508 e. The molecule has 2 N–H and O–H groups in total. The number of nitrogens with zero attached hydrogens (tertiary/aromatic N) is 4. The van der Waals surface area contributed by atoms with Crippen molar-refractivity contribution in [1.29, 1.82) is 5.26 Å². The molecule has 4 unspecified atom stereocenters. The van der Waals surface area contributed by atoms with E-state index >= 15 is 4.39 Å². The van der Waals surface area contributed by atoms with E-state index in [1.54, 1.807) is 12.1 Å². The van der Waals surface area contributed by atoms with Crippen molar-refractivity contribution in [2.45, 2.75) is 50.2 Å². The van der Waals surface area contributed by atoms with Crippen LogP contribution in [0.15, 0.2) is 48.7 Å². The first-order chi connectivity index (χ1) is 21.4. The molecule has 0 spiro atoms. The molecule has 0 radical (unpaired) electrons. The van der Waals surface area contributed by atoms with Crippen LogP contribution in [0.4, 0.5) is 4.39 Å². The Morgan fingerprint density at radius 3 is 2.84 bits per heavy atom. The summed E-state index contributed by atoms with van der Waals surface area (Å²) in [5, 5.41) is 27.3. The average molecular weight is 610 g/mol. The number of phenols is 1. The highest BCUT2D eigenvalue weighted by molar-refractivity contribution is 6.37. The molecule has 1 saturated carbocycles. The summed E-state index contributed by atoms with van der Waals surface area (Å²) in [6.45, 7) is 2.40. The maximum atomic E-state index is 17.3. The molecule has 2 bridgehead atoms. The molecule has 44 heavy (non-hydrogen) atoms. The molecule has 4 fully saturated rings. The zero-order valence-corrected chi connectivity index (χ0v) is 25.2. The van der Waals surface area contributed by atoms with Crippen LogP contribution in [0.3, 0.4) is 0 Å². The van der Waals surface area contributed by atoms with Crippen molar-refractivity contribution in [1.82, 2.24) is 19.8 Å². The summed E-state index contributed by atoms with van der Waals surface area (Å²) in [6.07, 6.45) is 5.79. The summed E-state index contributed by atoms with van der Waals surface area (Å²) in [4.78, 5) is 7.16.